The molecule has 1 atom stereocenters. The molecule has 1 unspecified atom stereocenters. The highest BCUT2D eigenvalue weighted by Gasteiger charge is 2.05. The van der Waals surface area contributed by atoms with Crippen molar-refractivity contribution in [1.29, 1.82) is 0 Å². The van der Waals surface area contributed by atoms with Crippen molar-refractivity contribution < 1.29 is 8.76 Å². The monoisotopic (exact) mass is 237 g/mol. The highest BCUT2D eigenvalue weighted by molar-refractivity contribution is 7.80. The molecule has 0 amide bonds. The Labute approximate surface area is 95.1 Å². The zero-order chi connectivity index (χ0) is 11.7. The van der Waals surface area contributed by atoms with E-state index in [0.29, 0.717) is 11.5 Å². The van der Waals surface area contributed by atoms with Crippen LogP contribution in [0.3, 0.4) is 0 Å². The molecular weight excluding hydrogens is 226 g/mol. The van der Waals surface area contributed by atoms with Crippen molar-refractivity contribution in [2.45, 2.75) is 6.92 Å². The van der Waals surface area contributed by atoms with Crippen LogP contribution in [-0.4, -0.2) is 13.7 Å². The third-order valence-corrected chi connectivity index (χ3v) is 2.73. The molecule has 0 aliphatic heterocycles. The minimum Gasteiger partial charge on any atom is -0.383 e. The molecule has 0 saturated carbocycles. The van der Waals surface area contributed by atoms with E-state index in [2.05, 4.69) is 9.71 Å². The van der Waals surface area contributed by atoms with Gasteiger partial charge in [-0.25, -0.2) is 9.19 Å². The average Bonchev–Trinajstić information content (AvgIpc) is 2.20. The Morgan fingerprint density at radius 3 is 2.94 bits per heavy atom. The largest absolute Gasteiger partial charge is 0.383 e. The second kappa shape index (κ2) is 4.07. The van der Waals surface area contributed by atoms with E-state index in [1.807, 2.05) is 13.0 Å². The maximum absolute atomic E-state index is 10.7. The zero-order valence-corrected chi connectivity index (χ0v) is 9.41. The van der Waals surface area contributed by atoms with Crippen LogP contribution in [0.4, 0.5) is 11.5 Å². The van der Waals surface area contributed by atoms with Crippen LogP contribution in [0.2, 0.25) is 0 Å². The molecule has 0 spiro atoms. The molecular formula is C10H11N3O2S. The number of nitrogens with one attached hydrogen (secondary N) is 1. The first-order valence-corrected chi connectivity index (χ1v) is 5.71. The number of hydrogen-bond acceptors (Lipinski definition) is 3. The van der Waals surface area contributed by atoms with Gasteiger partial charge in [-0.3, -0.25) is 9.27 Å². The van der Waals surface area contributed by atoms with Gasteiger partial charge in [-0.1, -0.05) is 0 Å². The lowest BCUT2D eigenvalue weighted by molar-refractivity contribution is 0.570. The van der Waals surface area contributed by atoms with Gasteiger partial charge in [0, 0.05) is 11.6 Å². The third-order valence-electron chi connectivity index (χ3n) is 2.34. The Morgan fingerprint density at radius 2 is 2.25 bits per heavy atom. The number of benzene rings is 1. The second-order valence-electron chi connectivity index (χ2n) is 3.44. The van der Waals surface area contributed by atoms with E-state index in [1.54, 1.807) is 18.3 Å². The standard InChI is InChI=1S/C10H11N3O2S/c1-6-4-8-7(2-3-12-10(8)11)5-9(6)13-16(14)15/h2-5,13H,1H3,(H2,11,12)(H,14,15). The first kappa shape index (κ1) is 10.8. The molecule has 1 heterocycles. The third kappa shape index (κ3) is 1.98. The van der Waals surface area contributed by atoms with Gasteiger partial charge < -0.3 is 5.73 Å². The number of aryl methyl sites for hydroxylation is 1. The van der Waals surface area contributed by atoms with E-state index in [-0.39, 0.29) is 0 Å². The number of fused-ring (bicyclic) bond motifs is 1. The van der Waals surface area contributed by atoms with Crippen LogP contribution in [0.1, 0.15) is 5.56 Å². The fourth-order valence-electron chi connectivity index (χ4n) is 1.56. The summed E-state index contributed by atoms with van der Waals surface area (Å²) in [6.07, 6.45) is 1.60. The van der Waals surface area contributed by atoms with E-state index in [4.69, 9.17) is 10.3 Å². The smallest absolute Gasteiger partial charge is 0.259 e. The Morgan fingerprint density at radius 1 is 1.50 bits per heavy atom. The van der Waals surface area contributed by atoms with Crippen molar-refractivity contribution in [1.82, 2.24) is 4.98 Å². The summed E-state index contributed by atoms with van der Waals surface area (Å²) in [5.74, 6) is 0.456. The lowest BCUT2D eigenvalue weighted by Gasteiger charge is -2.08. The van der Waals surface area contributed by atoms with Gasteiger partial charge in [0.05, 0.1) is 5.69 Å². The van der Waals surface area contributed by atoms with Crippen LogP contribution in [-0.2, 0) is 11.3 Å². The van der Waals surface area contributed by atoms with Crippen LogP contribution in [0.15, 0.2) is 24.4 Å². The van der Waals surface area contributed by atoms with Crippen molar-refractivity contribution in [3.8, 4) is 0 Å². The Balaban J connectivity index is 2.63. The maximum Gasteiger partial charge on any atom is 0.259 e. The van der Waals surface area contributed by atoms with Crippen molar-refractivity contribution in [3.05, 3.63) is 30.0 Å². The molecule has 1 aromatic carbocycles. The predicted molar refractivity (Wildman–Crippen MR) is 65.3 cm³/mol. The van der Waals surface area contributed by atoms with Crippen molar-refractivity contribution in [2.75, 3.05) is 10.5 Å². The second-order valence-corrected chi connectivity index (χ2v) is 4.14. The summed E-state index contributed by atoms with van der Waals surface area (Å²) < 4.78 is 21.9. The number of nitrogens with zero attached hydrogens (tertiary/aromatic N) is 1. The minimum atomic E-state index is -2.07. The summed E-state index contributed by atoms with van der Waals surface area (Å²) in [6, 6.07) is 5.42. The van der Waals surface area contributed by atoms with E-state index >= 15 is 0 Å². The van der Waals surface area contributed by atoms with E-state index in [0.717, 1.165) is 16.3 Å². The summed E-state index contributed by atoms with van der Waals surface area (Å²) in [7, 11) is 0. The lowest BCUT2D eigenvalue weighted by atomic mass is 10.1. The molecule has 0 bridgehead atoms. The molecule has 84 valence electrons. The van der Waals surface area contributed by atoms with Crippen molar-refractivity contribution in [3.63, 3.8) is 0 Å². The number of nitrogen functional groups attached to an aromatic ring is 1. The highest BCUT2D eigenvalue weighted by atomic mass is 32.2. The van der Waals surface area contributed by atoms with Crippen LogP contribution < -0.4 is 10.5 Å². The number of aromatic nitrogens is 1. The van der Waals surface area contributed by atoms with Gasteiger partial charge in [-0.2, -0.15) is 0 Å². The van der Waals surface area contributed by atoms with Crippen LogP contribution in [0.5, 0.6) is 0 Å². The molecule has 16 heavy (non-hydrogen) atoms. The van der Waals surface area contributed by atoms with E-state index in [1.165, 1.54) is 0 Å². The molecule has 6 heteroatoms. The van der Waals surface area contributed by atoms with Crippen molar-refractivity contribution >= 4 is 33.5 Å². The number of anilines is 2. The van der Waals surface area contributed by atoms with Gasteiger partial charge in [0.2, 0.25) is 0 Å². The number of nitrogens with two attached hydrogens (primary N) is 1. The summed E-state index contributed by atoms with van der Waals surface area (Å²) in [5.41, 5.74) is 7.19. The SMILES string of the molecule is Cc1cc2c(N)nccc2cc1NS(=O)O. The fourth-order valence-corrected chi connectivity index (χ4v) is 1.96. The molecule has 0 saturated heterocycles. The predicted octanol–water partition coefficient (Wildman–Crippen LogP) is 1.67. The molecule has 2 rings (SSSR count). The molecule has 0 fully saturated rings. The summed E-state index contributed by atoms with van der Waals surface area (Å²) in [5, 5.41) is 1.72. The summed E-state index contributed by atoms with van der Waals surface area (Å²) >= 11 is -2.07. The Hall–Kier alpha value is -1.66. The number of pyridine rings is 1. The first-order chi connectivity index (χ1) is 7.58. The molecule has 0 aliphatic carbocycles. The maximum atomic E-state index is 10.7. The molecule has 5 nitrogen and oxygen atoms in total. The fraction of sp³-hybridized carbons (Fsp3) is 0.100. The normalized spacial score (nSPS) is 12.6. The van der Waals surface area contributed by atoms with Gasteiger partial charge in [0.15, 0.2) is 0 Å². The van der Waals surface area contributed by atoms with Gasteiger partial charge in [-0.05, 0) is 36.1 Å². The summed E-state index contributed by atoms with van der Waals surface area (Å²) in [6.45, 7) is 1.83. The Bertz CT molecular complexity index is 571. The first-order valence-electron chi connectivity index (χ1n) is 4.60. The zero-order valence-electron chi connectivity index (χ0n) is 8.60. The average molecular weight is 237 g/mol. The molecule has 2 aromatic rings. The van der Waals surface area contributed by atoms with Crippen molar-refractivity contribution in [2.24, 2.45) is 0 Å². The van der Waals surface area contributed by atoms with E-state index < -0.39 is 11.3 Å². The molecule has 4 N–H and O–H groups in total. The topological polar surface area (TPSA) is 88.2 Å². The van der Waals surface area contributed by atoms with Gasteiger partial charge in [-0.15, -0.1) is 0 Å². The number of rotatable bonds is 2. The highest BCUT2D eigenvalue weighted by Crippen LogP contribution is 2.26. The molecule has 0 aliphatic rings. The van der Waals surface area contributed by atoms with Crippen LogP contribution in [0, 0.1) is 6.92 Å². The van der Waals surface area contributed by atoms with Crippen LogP contribution >= 0.6 is 0 Å². The van der Waals surface area contributed by atoms with Gasteiger partial charge in [0.1, 0.15) is 5.82 Å². The van der Waals surface area contributed by atoms with Gasteiger partial charge >= 0.3 is 0 Å². The minimum absolute atomic E-state index is 0.456. The van der Waals surface area contributed by atoms with Crippen LogP contribution in [0.25, 0.3) is 10.8 Å². The molecule has 0 radical (unpaired) electrons. The number of hydrogen-bond donors (Lipinski definition) is 3. The lowest BCUT2D eigenvalue weighted by Crippen LogP contribution is -2.03. The van der Waals surface area contributed by atoms with E-state index in [9.17, 15) is 4.21 Å². The van der Waals surface area contributed by atoms with Gasteiger partial charge in [0.25, 0.3) is 11.3 Å². The quantitative estimate of drug-likeness (QED) is 0.693. The summed E-state index contributed by atoms with van der Waals surface area (Å²) in [4.78, 5) is 3.99. The Kier molecular flexibility index (Phi) is 2.76. The molecule has 1 aromatic heterocycles.